The topological polar surface area (TPSA) is 83.8 Å². The van der Waals surface area contributed by atoms with E-state index in [0.29, 0.717) is 0 Å². The summed E-state index contributed by atoms with van der Waals surface area (Å²) >= 11 is 0. The first-order valence-corrected chi connectivity index (χ1v) is 10.9. The van der Waals surface area contributed by atoms with E-state index in [0.717, 1.165) is 18.4 Å². The Hall–Kier alpha value is -2.05. The molecule has 0 bridgehead atoms. The van der Waals surface area contributed by atoms with Gasteiger partial charge in [0.2, 0.25) is 0 Å². The average Bonchev–Trinajstić information content (AvgIpc) is 2.63. The Kier molecular flexibility index (Phi) is 8.13. The molecule has 0 fully saturated rings. The second-order valence-corrected chi connectivity index (χ2v) is 8.15. The largest absolute Gasteiger partial charge is 0.504 e. The van der Waals surface area contributed by atoms with Crippen LogP contribution >= 0.6 is 0 Å². The van der Waals surface area contributed by atoms with Crippen LogP contribution in [0.1, 0.15) is 57.4 Å². The highest BCUT2D eigenvalue weighted by molar-refractivity contribution is 7.85. The Labute approximate surface area is 161 Å². The van der Waals surface area contributed by atoms with Crippen molar-refractivity contribution in [2.75, 3.05) is 0 Å². The van der Waals surface area contributed by atoms with Crippen LogP contribution < -0.4 is 4.74 Å². The Balaban J connectivity index is 1.89. The number of hydrogen-bond acceptors (Lipinski definition) is 4. The Morgan fingerprint density at radius 3 is 2.30 bits per heavy atom. The van der Waals surface area contributed by atoms with Crippen molar-refractivity contribution in [2.45, 2.75) is 63.2 Å². The maximum atomic E-state index is 11.2. The van der Waals surface area contributed by atoms with Crippen LogP contribution in [0, 0.1) is 0 Å². The highest BCUT2D eigenvalue weighted by Gasteiger charge is 2.12. The van der Waals surface area contributed by atoms with Gasteiger partial charge in [-0.15, -0.1) is 0 Å². The van der Waals surface area contributed by atoms with Crippen molar-refractivity contribution < 1.29 is 22.8 Å². The van der Waals surface area contributed by atoms with Gasteiger partial charge in [-0.25, -0.2) is 0 Å². The lowest BCUT2D eigenvalue weighted by atomic mass is 10.0. The van der Waals surface area contributed by atoms with Gasteiger partial charge >= 0.3 is 0 Å². The molecular weight excluding hydrogens is 364 g/mol. The summed E-state index contributed by atoms with van der Waals surface area (Å²) in [4.78, 5) is -0.255. The first-order chi connectivity index (χ1) is 12.9. The molecule has 0 spiro atoms. The fraction of sp³-hybridized carbons (Fsp3) is 0.429. The lowest BCUT2D eigenvalue weighted by molar-refractivity contribution is 0.409. The zero-order chi connectivity index (χ0) is 19.7. The zero-order valence-corrected chi connectivity index (χ0v) is 16.5. The minimum atomic E-state index is -4.30. The molecule has 0 saturated heterocycles. The molecule has 0 amide bonds. The minimum Gasteiger partial charge on any atom is -0.504 e. The molecule has 0 radical (unpaired) electrons. The standard InChI is InChI=1S/C21H28O5S/c1-2-3-4-5-6-7-8-10-17-13-14-21(20(22)15-17)26-18-11-9-12-19(16-18)27(23,24)25/h9,11-16,22H,2-8,10H2,1H3,(H,23,24,25). The van der Waals surface area contributed by atoms with Crippen molar-refractivity contribution >= 4 is 10.1 Å². The summed E-state index contributed by atoms with van der Waals surface area (Å²) in [6, 6.07) is 10.8. The Morgan fingerprint density at radius 2 is 1.63 bits per heavy atom. The van der Waals surface area contributed by atoms with Gasteiger partial charge in [0.25, 0.3) is 10.1 Å². The molecule has 2 aromatic carbocycles. The van der Waals surface area contributed by atoms with Crippen LogP contribution in [0.2, 0.25) is 0 Å². The molecule has 2 rings (SSSR count). The number of rotatable bonds is 11. The molecule has 27 heavy (non-hydrogen) atoms. The second kappa shape index (κ2) is 10.3. The average molecular weight is 393 g/mol. The van der Waals surface area contributed by atoms with Crippen LogP contribution in [0.15, 0.2) is 47.4 Å². The normalized spacial score (nSPS) is 11.5. The lowest BCUT2D eigenvalue weighted by Crippen LogP contribution is -1.98. The van der Waals surface area contributed by atoms with E-state index in [1.165, 1.54) is 56.7 Å². The third-order valence-corrected chi connectivity index (χ3v) is 5.27. The van der Waals surface area contributed by atoms with Crippen molar-refractivity contribution in [1.29, 1.82) is 0 Å². The number of ether oxygens (including phenoxy) is 1. The molecular formula is C21H28O5S. The van der Waals surface area contributed by atoms with Crippen molar-refractivity contribution in [1.82, 2.24) is 0 Å². The number of aryl methyl sites for hydroxylation is 1. The van der Waals surface area contributed by atoms with Crippen molar-refractivity contribution in [2.24, 2.45) is 0 Å². The van der Waals surface area contributed by atoms with E-state index in [1.807, 2.05) is 6.07 Å². The van der Waals surface area contributed by atoms with Gasteiger partial charge in [0.1, 0.15) is 5.75 Å². The number of hydrogen-bond donors (Lipinski definition) is 2. The highest BCUT2D eigenvalue weighted by Crippen LogP contribution is 2.32. The van der Waals surface area contributed by atoms with Crippen LogP contribution in [0.5, 0.6) is 17.2 Å². The highest BCUT2D eigenvalue weighted by atomic mass is 32.2. The maximum absolute atomic E-state index is 11.2. The van der Waals surface area contributed by atoms with Crippen molar-refractivity contribution in [3.8, 4) is 17.2 Å². The number of aromatic hydroxyl groups is 1. The van der Waals surface area contributed by atoms with Gasteiger partial charge in [0.15, 0.2) is 11.5 Å². The first-order valence-electron chi connectivity index (χ1n) is 9.47. The van der Waals surface area contributed by atoms with Crippen molar-refractivity contribution in [3.63, 3.8) is 0 Å². The molecule has 2 N–H and O–H groups in total. The van der Waals surface area contributed by atoms with Crippen LogP contribution in [-0.2, 0) is 16.5 Å². The molecule has 0 aliphatic rings. The molecule has 0 saturated carbocycles. The fourth-order valence-corrected chi connectivity index (χ4v) is 3.43. The van der Waals surface area contributed by atoms with Gasteiger partial charge in [-0.05, 0) is 42.7 Å². The van der Waals surface area contributed by atoms with Crippen LogP contribution in [-0.4, -0.2) is 18.1 Å². The molecule has 0 heterocycles. The molecule has 2 aromatic rings. The molecule has 0 aliphatic heterocycles. The van der Waals surface area contributed by atoms with E-state index >= 15 is 0 Å². The maximum Gasteiger partial charge on any atom is 0.294 e. The predicted octanol–water partition coefficient (Wildman–Crippen LogP) is 5.72. The monoisotopic (exact) mass is 392 g/mol. The first kappa shape index (κ1) is 21.3. The van der Waals surface area contributed by atoms with Crippen LogP contribution in [0.25, 0.3) is 0 Å². The summed E-state index contributed by atoms with van der Waals surface area (Å²) in [5.41, 5.74) is 1.04. The quantitative estimate of drug-likeness (QED) is 0.377. The predicted molar refractivity (Wildman–Crippen MR) is 106 cm³/mol. The van der Waals surface area contributed by atoms with Gasteiger partial charge in [-0.1, -0.05) is 57.6 Å². The van der Waals surface area contributed by atoms with E-state index < -0.39 is 10.1 Å². The molecule has 6 heteroatoms. The van der Waals surface area contributed by atoms with E-state index in [1.54, 1.807) is 18.2 Å². The van der Waals surface area contributed by atoms with Gasteiger partial charge < -0.3 is 9.84 Å². The summed E-state index contributed by atoms with van der Waals surface area (Å²) in [7, 11) is -4.30. The number of unbranched alkanes of at least 4 members (excludes halogenated alkanes) is 6. The summed E-state index contributed by atoms with van der Waals surface area (Å²) in [5, 5.41) is 10.2. The van der Waals surface area contributed by atoms with Crippen LogP contribution in [0.3, 0.4) is 0 Å². The SMILES string of the molecule is CCCCCCCCCc1ccc(Oc2cccc(S(=O)(=O)O)c2)c(O)c1. The van der Waals surface area contributed by atoms with Gasteiger partial charge in [-0.2, -0.15) is 8.42 Å². The minimum absolute atomic E-state index is 0.00713. The number of benzene rings is 2. The number of phenols is 1. The van der Waals surface area contributed by atoms with Gasteiger partial charge in [0, 0.05) is 6.07 Å². The third-order valence-electron chi connectivity index (χ3n) is 4.42. The van der Waals surface area contributed by atoms with Gasteiger partial charge in [-0.3, -0.25) is 4.55 Å². The number of phenolic OH excluding ortho intramolecular Hbond substituents is 1. The van der Waals surface area contributed by atoms with E-state index in [-0.39, 0.29) is 22.1 Å². The summed E-state index contributed by atoms with van der Waals surface area (Å²) in [5.74, 6) is 0.471. The molecule has 0 aromatic heterocycles. The Bertz CT molecular complexity index is 830. The van der Waals surface area contributed by atoms with E-state index in [9.17, 15) is 13.5 Å². The third kappa shape index (κ3) is 7.23. The summed E-state index contributed by atoms with van der Waals surface area (Å²) < 4.78 is 37.1. The van der Waals surface area contributed by atoms with Crippen LogP contribution in [0.4, 0.5) is 0 Å². The lowest BCUT2D eigenvalue weighted by Gasteiger charge is -2.10. The molecule has 0 atom stereocenters. The van der Waals surface area contributed by atoms with Gasteiger partial charge in [0.05, 0.1) is 4.90 Å². The Morgan fingerprint density at radius 1 is 0.926 bits per heavy atom. The second-order valence-electron chi connectivity index (χ2n) is 6.73. The summed E-state index contributed by atoms with van der Waals surface area (Å²) in [6.45, 7) is 2.21. The fourth-order valence-electron chi connectivity index (χ4n) is 2.92. The zero-order valence-electron chi connectivity index (χ0n) is 15.7. The molecule has 148 valence electrons. The molecule has 0 unspecified atom stereocenters. The smallest absolute Gasteiger partial charge is 0.294 e. The molecule has 5 nitrogen and oxygen atoms in total. The van der Waals surface area contributed by atoms with Crippen molar-refractivity contribution in [3.05, 3.63) is 48.0 Å². The van der Waals surface area contributed by atoms with E-state index in [2.05, 4.69) is 6.92 Å². The molecule has 0 aliphatic carbocycles. The van der Waals surface area contributed by atoms with E-state index in [4.69, 9.17) is 9.29 Å². The summed E-state index contributed by atoms with van der Waals surface area (Å²) in [6.07, 6.45) is 9.58.